The van der Waals surface area contributed by atoms with E-state index in [0.29, 0.717) is 18.3 Å². The Morgan fingerprint density at radius 3 is 2.83 bits per heavy atom. The Labute approximate surface area is 159 Å². The highest BCUT2D eigenvalue weighted by Gasteiger charge is 2.20. The van der Waals surface area contributed by atoms with E-state index < -0.39 is 10.0 Å². The maximum absolute atomic E-state index is 12.4. The fraction of sp³-hybridized carbons (Fsp3) is 0.647. The highest BCUT2D eigenvalue weighted by Crippen LogP contribution is 2.24. The molecule has 0 unspecified atom stereocenters. The third-order valence-corrected chi connectivity index (χ3v) is 6.87. The molecule has 2 rings (SSSR count). The number of nitrogens with one attached hydrogen (secondary N) is 1. The number of likely N-dealkylation sites (tertiary alicyclic amines) is 1. The molecule has 0 bridgehead atoms. The number of ether oxygens (including phenoxy) is 1. The Hall–Kier alpha value is -0.380. The van der Waals surface area contributed by atoms with Crippen molar-refractivity contribution in [2.75, 3.05) is 26.7 Å². The predicted molar refractivity (Wildman–Crippen MR) is 105 cm³/mol. The molecule has 1 N–H and O–H groups in total. The zero-order valence-corrected chi connectivity index (χ0v) is 17.4. The monoisotopic (exact) mass is 466 g/mol. The molecule has 1 aromatic rings. The zero-order valence-electron chi connectivity index (χ0n) is 14.4. The Balaban J connectivity index is 1.85. The summed E-state index contributed by atoms with van der Waals surface area (Å²) in [5.74, 6) is 0.685. The van der Waals surface area contributed by atoms with Gasteiger partial charge in [0, 0.05) is 12.6 Å². The van der Waals surface area contributed by atoms with E-state index in [9.17, 15) is 8.42 Å². The topological polar surface area (TPSA) is 58.6 Å². The number of sulfonamides is 1. The average molecular weight is 466 g/mol. The molecule has 0 spiro atoms. The number of methoxy groups -OCH3 is 1. The summed E-state index contributed by atoms with van der Waals surface area (Å²) in [4.78, 5) is 2.80. The molecule has 1 saturated heterocycles. The van der Waals surface area contributed by atoms with Crippen LogP contribution < -0.4 is 9.46 Å². The molecule has 1 aromatic carbocycles. The molecule has 5 nitrogen and oxygen atoms in total. The van der Waals surface area contributed by atoms with Gasteiger partial charge in [0.05, 0.1) is 15.6 Å². The summed E-state index contributed by atoms with van der Waals surface area (Å²) < 4.78 is 33.4. The second-order valence-corrected chi connectivity index (χ2v) is 9.07. The van der Waals surface area contributed by atoms with Gasteiger partial charge in [0.1, 0.15) is 5.75 Å². The smallest absolute Gasteiger partial charge is 0.240 e. The molecule has 0 saturated carbocycles. The number of rotatable bonds is 8. The maximum Gasteiger partial charge on any atom is 0.240 e. The van der Waals surface area contributed by atoms with E-state index in [0.717, 1.165) is 23.1 Å². The van der Waals surface area contributed by atoms with Crippen LogP contribution in [0.4, 0.5) is 0 Å². The molecular weight excluding hydrogens is 439 g/mol. The van der Waals surface area contributed by atoms with Crippen molar-refractivity contribution < 1.29 is 13.2 Å². The summed E-state index contributed by atoms with van der Waals surface area (Å²) in [6, 6.07) is 5.58. The molecule has 1 fully saturated rings. The van der Waals surface area contributed by atoms with Gasteiger partial charge in [-0.3, -0.25) is 0 Å². The van der Waals surface area contributed by atoms with Gasteiger partial charge < -0.3 is 9.64 Å². The predicted octanol–water partition coefficient (Wildman–Crippen LogP) is 3.23. The molecule has 1 heterocycles. The van der Waals surface area contributed by atoms with Crippen LogP contribution in [0.1, 0.15) is 39.0 Å². The lowest BCUT2D eigenvalue weighted by Crippen LogP contribution is -2.40. The number of benzene rings is 1. The van der Waals surface area contributed by atoms with Gasteiger partial charge in [0.2, 0.25) is 10.0 Å². The van der Waals surface area contributed by atoms with Gasteiger partial charge in [-0.2, -0.15) is 0 Å². The van der Waals surface area contributed by atoms with E-state index in [1.54, 1.807) is 25.3 Å². The van der Waals surface area contributed by atoms with Gasteiger partial charge in [0.25, 0.3) is 0 Å². The van der Waals surface area contributed by atoms with Crippen molar-refractivity contribution in [1.29, 1.82) is 0 Å². The lowest BCUT2D eigenvalue weighted by Gasteiger charge is -2.35. The van der Waals surface area contributed by atoms with Gasteiger partial charge in [-0.1, -0.05) is 13.3 Å². The summed E-state index contributed by atoms with van der Waals surface area (Å²) in [5.41, 5.74) is 0. The SMILES string of the molecule is CC[C@@H]1CCCCN1CCCNS(=O)(=O)c1ccc(OC)c(I)c1. The average Bonchev–Trinajstić information content (AvgIpc) is 2.59. The van der Waals surface area contributed by atoms with Crippen LogP contribution in [0.2, 0.25) is 0 Å². The van der Waals surface area contributed by atoms with E-state index in [1.807, 2.05) is 0 Å². The minimum Gasteiger partial charge on any atom is -0.496 e. The van der Waals surface area contributed by atoms with Crippen molar-refractivity contribution >= 4 is 32.6 Å². The molecule has 24 heavy (non-hydrogen) atoms. The van der Waals surface area contributed by atoms with Crippen LogP contribution in [0.25, 0.3) is 0 Å². The lowest BCUT2D eigenvalue weighted by atomic mass is 10.00. The molecular formula is C17H27IN2O3S. The first kappa shape index (κ1) is 19.9. The normalized spacial score (nSPS) is 19.4. The second-order valence-electron chi connectivity index (χ2n) is 6.14. The molecule has 0 aromatic heterocycles. The fourth-order valence-electron chi connectivity index (χ4n) is 3.20. The van der Waals surface area contributed by atoms with Crippen molar-refractivity contribution in [3.05, 3.63) is 21.8 Å². The van der Waals surface area contributed by atoms with Gasteiger partial charge >= 0.3 is 0 Å². The van der Waals surface area contributed by atoms with Crippen LogP contribution in [0.5, 0.6) is 5.75 Å². The molecule has 7 heteroatoms. The van der Waals surface area contributed by atoms with Crippen LogP contribution in [0.3, 0.4) is 0 Å². The summed E-state index contributed by atoms with van der Waals surface area (Å²) in [5, 5.41) is 0. The quantitative estimate of drug-likeness (QED) is 0.472. The third kappa shape index (κ3) is 5.31. The van der Waals surface area contributed by atoms with Gasteiger partial charge in [-0.15, -0.1) is 0 Å². The summed E-state index contributed by atoms with van der Waals surface area (Å²) >= 11 is 2.08. The first-order valence-corrected chi connectivity index (χ1v) is 11.1. The summed E-state index contributed by atoms with van der Waals surface area (Å²) in [7, 11) is -1.88. The Kier molecular flexibility index (Phi) is 7.77. The Morgan fingerprint density at radius 1 is 1.38 bits per heavy atom. The Morgan fingerprint density at radius 2 is 2.17 bits per heavy atom. The number of piperidine rings is 1. The van der Waals surface area contributed by atoms with Crippen molar-refractivity contribution in [2.45, 2.75) is 50.0 Å². The Bertz CT molecular complexity index is 637. The fourth-order valence-corrected chi connectivity index (χ4v) is 5.25. The highest BCUT2D eigenvalue weighted by atomic mass is 127. The van der Waals surface area contributed by atoms with Crippen LogP contribution in [-0.4, -0.2) is 46.1 Å². The maximum atomic E-state index is 12.4. The number of halogens is 1. The van der Waals surface area contributed by atoms with E-state index in [4.69, 9.17) is 4.74 Å². The molecule has 136 valence electrons. The molecule has 0 aliphatic carbocycles. The first-order chi connectivity index (χ1) is 11.5. The van der Waals surface area contributed by atoms with Gasteiger partial charge in [0.15, 0.2) is 0 Å². The summed E-state index contributed by atoms with van der Waals surface area (Å²) in [6.07, 6.45) is 5.86. The van der Waals surface area contributed by atoms with E-state index in [2.05, 4.69) is 39.1 Å². The third-order valence-electron chi connectivity index (χ3n) is 4.57. The highest BCUT2D eigenvalue weighted by molar-refractivity contribution is 14.1. The number of hydrogen-bond acceptors (Lipinski definition) is 4. The lowest BCUT2D eigenvalue weighted by molar-refractivity contribution is 0.143. The molecule has 1 aliphatic rings. The second kappa shape index (κ2) is 9.35. The number of hydrogen-bond donors (Lipinski definition) is 1. The van der Waals surface area contributed by atoms with Crippen LogP contribution >= 0.6 is 22.6 Å². The van der Waals surface area contributed by atoms with Gasteiger partial charge in [-0.25, -0.2) is 13.1 Å². The molecule has 0 amide bonds. The van der Waals surface area contributed by atoms with Crippen molar-refractivity contribution in [2.24, 2.45) is 0 Å². The van der Waals surface area contributed by atoms with Crippen molar-refractivity contribution in [3.63, 3.8) is 0 Å². The van der Waals surface area contributed by atoms with Gasteiger partial charge in [-0.05, 0) is 79.6 Å². The van der Waals surface area contributed by atoms with E-state index in [1.165, 1.54) is 25.7 Å². The van der Waals surface area contributed by atoms with Crippen molar-refractivity contribution in [3.8, 4) is 5.75 Å². The zero-order chi connectivity index (χ0) is 17.6. The van der Waals surface area contributed by atoms with Crippen molar-refractivity contribution in [1.82, 2.24) is 9.62 Å². The first-order valence-electron chi connectivity index (χ1n) is 8.55. The standard InChI is InChI=1S/C17H27IN2O3S/c1-3-14-7-4-5-11-20(14)12-6-10-19-24(21,22)15-8-9-17(23-2)16(18)13-15/h8-9,13-14,19H,3-7,10-12H2,1-2H3/t14-/m1/s1. The largest absolute Gasteiger partial charge is 0.496 e. The number of nitrogens with zero attached hydrogens (tertiary/aromatic N) is 1. The minimum absolute atomic E-state index is 0.289. The molecule has 1 aliphatic heterocycles. The van der Waals surface area contributed by atoms with Crippen LogP contribution in [0, 0.1) is 3.57 Å². The van der Waals surface area contributed by atoms with Crippen LogP contribution in [-0.2, 0) is 10.0 Å². The minimum atomic E-state index is -3.46. The summed E-state index contributed by atoms with van der Waals surface area (Å²) in [6.45, 7) is 4.80. The van der Waals surface area contributed by atoms with E-state index >= 15 is 0 Å². The van der Waals surface area contributed by atoms with E-state index in [-0.39, 0.29) is 4.90 Å². The molecule has 0 radical (unpaired) electrons. The van der Waals surface area contributed by atoms with Crippen LogP contribution in [0.15, 0.2) is 23.1 Å². The molecule has 1 atom stereocenters.